The molecule has 0 radical (unpaired) electrons. The molecule has 0 aromatic heterocycles. The van der Waals surface area contributed by atoms with E-state index in [1.165, 1.54) is 212 Å². The van der Waals surface area contributed by atoms with E-state index < -0.39 is 12.1 Å². The smallest absolute Gasteiger partial charge is 0.305 e. The Balaban J connectivity index is 3.47. The van der Waals surface area contributed by atoms with E-state index >= 15 is 0 Å². The van der Waals surface area contributed by atoms with Gasteiger partial charge in [0.2, 0.25) is 5.91 Å². The average molecular weight is 903 g/mol. The number of hydrogen-bond donors (Lipinski definition) is 3. The van der Waals surface area contributed by atoms with Crippen LogP contribution >= 0.6 is 0 Å². The molecule has 0 aromatic carbocycles. The predicted octanol–water partition coefficient (Wildman–Crippen LogP) is 17.5. The number of allylic oxidation sites excluding steroid dienone is 4. The summed E-state index contributed by atoms with van der Waals surface area (Å²) in [5.74, 6) is -0.0883. The fraction of sp³-hybridized carbons (Fsp3) is 0.897. The van der Waals surface area contributed by atoms with Crippen molar-refractivity contribution in [2.75, 3.05) is 13.2 Å². The maximum Gasteiger partial charge on any atom is 0.305 e. The van der Waals surface area contributed by atoms with E-state index in [4.69, 9.17) is 4.74 Å². The second-order valence-corrected chi connectivity index (χ2v) is 19.6. The number of amides is 1. The molecule has 0 saturated carbocycles. The number of unbranched alkanes of at least 4 members (excludes halogenated alkanes) is 38. The molecule has 0 aliphatic heterocycles. The lowest BCUT2D eigenvalue weighted by molar-refractivity contribution is -0.143. The van der Waals surface area contributed by atoms with E-state index in [0.29, 0.717) is 25.9 Å². The number of carbonyl (C=O) groups excluding carboxylic acids is 2. The Morgan fingerprint density at radius 2 is 0.781 bits per heavy atom. The monoisotopic (exact) mass is 902 g/mol. The lowest BCUT2D eigenvalue weighted by atomic mass is 10.0. The Hall–Kier alpha value is -1.66. The third-order valence-electron chi connectivity index (χ3n) is 13.3. The Morgan fingerprint density at radius 1 is 0.438 bits per heavy atom. The summed E-state index contributed by atoms with van der Waals surface area (Å²) < 4.78 is 5.47. The van der Waals surface area contributed by atoms with Gasteiger partial charge >= 0.3 is 5.97 Å². The molecule has 0 spiro atoms. The van der Waals surface area contributed by atoms with Gasteiger partial charge in [0.25, 0.3) is 0 Å². The van der Waals surface area contributed by atoms with Crippen LogP contribution in [0.4, 0.5) is 0 Å². The number of aliphatic hydroxyl groups is 2. The Labute approximate surface area is 399 Å². The molecule has 1 amide bonds. The molecule has 3 N–H and O–H groups in total. The molecular formula is C58H111NO5. The van der Waals surface area contributed by atoms with Gasteiger partial charge in [0.05, 0.1) is 25.4 Å². The number of rotatable bonds is 53. The van der Waals surface area contributed by atoms with Gasteiger partial charge in [-0.15, -0.1) is 0 Å². The molecule has 0 fully saturated rings. The molecule has 6 nitrogen and oxygen atoms in total. The van der Waals surface area contributed by atoms with E-state index in [-0.39, 0.29) is 18.5 Å². The molecule has 0 rings (SSSR count). The second kappa shape index (κ2) is 54.0. The lowest BCUT2D eigenvalue weighted by Gasteiger charge is -2.22. The van der Waals surface area contributed by atoms with Gasteiger partial charge in [0.1, 0.15) is 0 Å². The van der Waals surface area contributed by atoms with Crippen molar-refractivity contribution in [2.45, 2.75) is 321 Å². The quantitative estimate of drug-likeness (QED) is 0.0321. The van der Waals surface area contributed by atoms with Gasteiger partial charge < -0.3 is 20.3 Å². The minimum Gasteiger partial charge on any atom is -0.466 e. The van der Waals surface area contributed by atoms with Gasteiger partial charge in [-0.05, 0) is 57.8 Å². The van der Waals surface area contributed by atoms with Gasteiger partial charge in [-0.25, -0.2) is 0 Å². The summed E-state index contributed by atoms with van der Waals surface area (Å²) in [6, 6.07) is -0.563. The van der Waals surface area contributed by atoms with Gasteiger partial charge in [-0.3, -0.25) is 9.59 Å². The van der Waals surface area contributed by atoms with Gasteiger partial charge in [-0.1, -0.05) is 263 Å². The molecule has 0 saturated heterocycles. The van der Waals surface area contributed by atoms with Gasteiger partial charge in [-0.2, -0.15) is 0 Å². The molecule has 0 heterocycles. The minimum absolute atomic E-state index is 0.0279. The topological polar surface area (TPSA) is 95.9 Å². The molecule has 64 heavy (non-hydrogen) atoms. The highest BCUT2D eigenvalue weighted by atomic mass is 16.5. The highest BCUT2D eigenvalue weighted by Gasteiger charge is 2.20. The van der Waals surface area contributed by atoms with E-state index in [0.717, 1.165) is 64.2 Å². The number of hydrogen-bond acceptors (Lipinski definition) is 5. The highest BCUT2D eigenvalue weighted by Crippen LogP contribution is 2.17. The first kappa shape index (κ1) is 62.3. The van der Waals surface area contributed by atoms with E-state index in [2.05, 4.69) is 43.5 Å². The fourth-order valence-electron chi connectivity index (χ4n) is 8.85. The summed E-state index contributed by atoms with van der Waals surface area (Å²) in [4.78, 5) is 24.6. The number of nitrogens with one attached hydrogen (secondary N) is 1. The number of aliphatic hydroxyl groups excluding tert-OH is 2. The van der Waals surface area contributed by atoms with Crippen LogP contribution in [0.25, 0.3) is 0 Å². The first-order chi connectivity index (χ1) is 31.5. The highest BCUT2D eigenvalue weighted by molar-refractivity contribution is 5.76. The fourth-order valence-corrected chi connectivity index (χ4v) is 8.85. The van der Waals surface area contributed by atoms with E-state index in [1.807, 2.05) is 0 Å². The Bertz CT molecular complexity index is 997. The van der Waals surface area contributed by atoms with Crippen LogP contribution in [0.5, 0.6) is 0 Å². The largest absolute Gasteiger partial charge is 0.466 e. The van der Waals surface area contributed by atoms with Crippen molar-refractivity contribution in [1.29, 1.82) is 0 Å². The van der Waals surface area contributed by atoms with Crippen molar-refractivity contribution in [1.82, 2.24) is 5.32 Å². The first-order valence-corrected chi connectivity index (χ1v) is 28.6. The second-order valence-electron chi connectivity index (χ2n) is 19.6. The van der Waals surface area contributed by atoms with Crippen LogP contribution in [0.15, 0.2) is 24.3 Å². The van der Waals surface area contributed by atoms with Crippen molar-refractivity contribution in [3.05, 3.63) is 24.3 Å². The van der Waals surface area contributed by atoms with Crippen LogP contribution in [-0.4, -0.2) is 47.4 Å². The number of carbonyl (C=O) groups is 2. The first-order valence-electron chi connectivity index (χ1n) is 28.6. The zero-order valence-electron chi connectivity index (χ0n) is 43.0. The van der Waals surface area contributed by atoms with E-state index in [1.54, 1.807) is 0 Å². The third-order valence-corrected chi connectivity index (χ3v) is 13.3. The molecule has 378 valence electrons. The number of ether oxygens (including phenoxy) is 1. The maximum atomic E-state index is 12.5. The summed E-state index contributed by atoms with van der Waals surface area (Å²) in [6.45, 7) is 4.88. The van der Waals surface area contributed by atoms with Crippen molar-refractivity contribution >= 4 is 11.9 Å². The van der Waals surface area contributed by atoms with Crippen LogP contribution < -0.4 is 5.32 Å². The van der Waals surface area contributed by atoms with Crippen LogP contribution in [0.3, 0.4) is 0 Å². The molecular weight excluding hydrogens is 791 g/mol. The van der Waals surface area contributed by atoms with Crippen LogP contribution in [-0.2, 0) is 14.3 Å². The lowest BCUT2D eigenvalue weighted by Crippen LogP contribution is -2.45. The summed E-state index contributed by atoms with van der Waals surface area (Å²) in [5.41, 5.74) is 0. The van der Waals surface area contributed by atoms with Crippen LogP contribution in [0.1, 0.15) is 309 Å². The molecule has 0 aliphatic carbocycles. The van der Waals surface area contributed by atoms with E-state index in [9.17, 15) is 19.8 Å². The zero-order valence-corrected chi connectivity index (χ0v) is 43.0. The molecule has 2 unspecified atom stereocenters. The summed E-state index contributed by atoms with van der Waals surface area (Å²) in [7, 11) is 0. The van der Waals surface area contributed by atoms with Gasteiger partial charge in [0.15, 0.2) is 0 Å². The predicted molar refractivity (Wildman–Crippen MR) is 278 cm³/mol. The molecule has 0 aliphatic rings. The molecule has 0 bridgehead atoms. The summed E-state index contributed by atoms with van der Waals surface area (Å²) in [5, 5.41) is 23.3. The van der Waals surface area contributed by atoms with Gasteiger partial charge in [0, 0.05) is 12.8 Å². The molecule has 0 aromatic rings. The average Bonchev–Trinajstić information content (AvgIpc) is 3.29. The summed E-state index contributed by atoms with van der Waals surface area (Å²) >= 11 is 0. The van der Waals surface area contributed by atoms with Crippen molar-refractivity contribution in [2.24, 2.45) is 0 Å². The molecule has 6 heteroatoms. The van der Waals surface area contributed by atoms with Crippen molar-refractivity contribution < 1.29 is 24.5 Å². The van der Waals surface area contributed by atoms with Crippen molar-refractivity contribution in [3.8, 4) is 0 Å². The number of esters is 1. The minimum atomic E-state index is -0.683. The maximum absolute atomic E-state index is 12.5. The Morgan fingerprint density at radius 3 is 1.22 bits per heavy atom. The SMILES string of the molecule is CCCCC/C=C\C/C=C\CCCCCCCCCCCC(=O)OCCCCCCCCCCCC(=O)NC(CO)C(O)CCCCCCCCCCCCCCCCCCCCC. The molecule has 2 atom stereocenters. The summed E-state index contributed by atoms with van der Waals surface area (Å²) in [6.07, 6.45) is 64.4. The van der Waals surface area contributed by atoms with Crippen LogP contribution in [0.2, 0.25) is 0 Å². The normalized spacial score (nSPS) is 12.8. The zero-order chi connectivity index (χ0) is 46.5. The standard InChI is InChI=1S/C58H111NO5/c1-3-5-7-9-11-13-15-17-19-21-23-25-27-29-31-34-38-42-46-50-56(61)55(54-60)59-57(62)51-47-43-39-35-33-37-41-45-49-53-64-58(63)52-48-44-40-36-32-30-28-26-24-22-20-18-16-14-12-10-8-6-4-2/h12,14,18,20,55-56,60-61H,3-11,13,15-17,19,21-54H2,1-2H3,(H,59,62)/b14-12-,20-18-. The van der Waals surface area contributed by atoms with Crippen molar-refractivity contribution in [3.63, 3.8) is 0 Å². The third kappa shape index (κ3) is 49.8. The van der Waals surface area contributed by atoms with Crippen LogP contribution in [0, 0.1) is 0 Å². The Kier molecular flexibility index (Phi) is 52.6.